The average Bonchev–Trinajstić information content (AvgIpc) is 3.60. The van der Waals surface area contributed by atoms with Crippen LogP contribution in [-0.4, -0.2) is 11.9 Å². The third kappa shape index (κ3) is 2.81. The summed E-state index contributed by atoms with van der Waals surface area (Å²) in [5, 5.41) is 7.30. The van der Waals surface area contributed by atoms with Gasteiger partial charge in [-0.2, -0.15) is 0 Å². The lowest BCUT2D eigenvalue weighted by atomic mass is 9.68. The zero-order valence-corrected chi connectivity index (χ0v) is 18.1. The summed E-state index contributed by atoms with van der Waals surface area (Å²) in [5.74, 6) is 4.55. The summed E-state index contributed by atoms with van der Waals surface area (Å²) < 4.78 is 0. The van der Waals surface area contributed by atoms with Crippen molar-refractivity contribution in [1.29, 1.82) is 0 Å². The van der Waals surface area contributed by atoms with E-state index in [1.54, 1.807) is 0 Å². The van der Waals surface area contributed by atoms with Crippen LogP contribution in [0, 0.1) is 29.6 Å². The summed E-state index contributed by atoms with van der Waals surface area (Å²) in [7, 11) is 0. The quantitative estimate of drug-likeness (QED) is 0.659. The Morgan fingerprint density at radius 2 is 1.71 bits per heavy atom. The molecule has 160 valence electrons. The van der Waals surface area contributed by atoms with Gasteiger partial charge in [-0.25, -0.2) is 0 Å². The molecule has 8 atom stereocenters. The summed E-state index contributed by atoms with van der Waals surface area (Å²) in [4.78, 5) is 13.2. The van der Waals surface area contributed by atoms with E-state index in [4.69, 9.17) is 0 Å². The van der Waals surface area contributed by atoms with Crippen LogP contribution < -0.4 is 10.6 Å². The number of amides is 1. The van der Waals surface area contributed by atoms with Gasteiger partial charge in [-0.15, -0.1) is 0 Å². The van der Waals surface area contributed by atoms with Crippen molar-refractivity contribution in [3.63, 3.8) is 0 Å². The van der Waals surface area contributed by atoms with Crippen molar-refractivity contribution >= 4 is 11.6 Å². The maximum absolute atomic E-state index is 13.2. The summed E-state index contributed by atoms with van der Waals surface area (Å²) in [6, 6.07) is 18.3. The maximum atomic E-state index is 13.2. The van der Waals surface area contributed by atoms with Gasteiger partial charge in [-0.3, -0.25) is 4.79 Å². The van der Waals surface area contributed by atoms with Gasteiger partial charge in [0.2, 0.25) is 0 Å². The molecule has 0 unspecified atom stereocenters. The van der Waals surface area contributed by atoms with Crippen LogP contribution in [0.25, 0.3) is 0 Å². The number of carbonyl (C=O) groups is 1. The highest BCUT2D eigenvalue weighted by Crippen LogP contribution is 2.63. The molecule has 2 aromatic carbocycles. The van der Waals surface area contributed by atoms with Gasteiger partial charge in [-0.1, -0.05) is 36.8 Å². The van der Waals surface area contributed by atoms with Crippen LogP contribution in [0.4, 0.5) is 5.69 Å². The Hall–Kier alpha value is -2.29. The summed E-state index contributed by atoms with van der Waals surface area (Å²) in [6.07, 6.45) is 9.28. The zero-order chi connectivity index (χ0) is 20.5. The molecule has 1 amide bonds. The van der Waals surface area contributed by atoms with Gasteiger partial charge in [0.15, 0.2) is 0 Å². The van der Waals surface area contributed by atoms with Crippen LogP contribution in [0.5, 0.6) is 0 Å². The fourth-order valence-electron chi connectivity index (χ4n) is 8.29. The van der Waals surface area contributed by atoms with E-state index in [-0.39, 0.29) is 5.91 Å². The van der Waals surface area contributed by atoms with E-state index in [0.717, 1.165) is 29.2 Å². The van der Waals surface area contributed by atoms with E-state index in [1.165, 1.54) is 61.8 Å². The van der Waals surface area contributed by atoms with Gasteiger partial charge in [0.1, 0.15) is 0 Å². The number of hydrogen-bond acceptors (Lipinski definition) is 2. The molecule has 3 nitrogen and oxygen atoms in total. The molecule has 4 fully saturated rings. The molecule has 2 aromatic rings. The molecule has 4 aliphatic carbocycles. The highest BCUT2D eigenvalue weighted by atomic mass is 16.1. The number of fused-ring (bicyclic) bond motifs is 9. The second kappa shape index (κ2) is 6.85. The van der Waals surface area contributed by atoms with Crippen molar-refractivity contribution in [2.75, 3.05) is 5.32 Å². The fraction of sp³-hybridized carbons (Fsp3) is 0.536. The molecule has 0 radical (unpaired) electrons. The van der Waals surface area contributed by atoms with Crippen LogP contribution in [0.1, 0.15) is 78.4 Å². The molecule has 0 aromatic heterocycles. The third-order valence-corrected chi connectivity index (χ3v) is 9.56. The largest absolute Gasteiger partial charge is 0.378 e. The molecule has 2 N–H and O–H groups in total. The molecule has 1 heterocycles. The van der Waals surface area contributed by atoms with E-state index in [2.05, 4.69) is 53.1 Å². The molecule has 7 rings (SSSR count). The van der Waals surface area contributed by atoms with Crippen molar-refractivity contribution in [3.8, 4) is 0 Å². The number of benzene rings is 2. The highest BCUT2D eigenvalue weighted by molar-refractivity contribution is 5.95. The molecular weight excluding hydrogens is 380 g/mol. The molecule has 4 saturated carbocycles. The van der Waals surface area contributed by atoms with Gasteiger partial charge < -0.3 is 10.6 Å². The standard InChI is InChI=1S/C28H32N2O/c31-28(30-24-13-16-6-7-18(24)12-16)21-10-11-23-22(15-21)25-19-8-9-20(14-19)26(25)27(29-23)17-4-2-1-3-5-17/h1-5,10-11,15-16,18-20,24-27,29H,6-9,12-14H2,(H,30,31)/t16-,18-,19-,20-,24+,25-,26-,27+/m0/s1. The van der Waals surface area contributed by atoms with E-state index in [0.29, 0.717) is 23.9 Å². The van der Waals surface area contributed by atoms with Crippen molar-refractivity contribution in [2.24, 2.45) is 29.6 Å². The number of anilines is 1. The minimum atomic E-state index is 0.144. The number of hydrogen-bond donors (Lipinski definition) is 2. The summed E-state index contributed by atoms with van der Waals surface area (Å²) in [6.45, 7) is 0. The van der Waals surface area contributed by atoms with Crippen molar-refractivity contribution in [3.05, 3.63) is 65.2 Å². The Kier molecular flexibility index (Phi) is 4.04. The van der Waals surface area contributed by atoms with Gasteiger partial charge in [-0.05, 0) is 103 Å². The Morgan fingerprint density at radius 3 is 2.52 bits per heavy atom. The number of rotatable bonds is 3. The van der Waals surface area contributed by atoms with Gasteiger partial charge in [0.05, 0.1) is 6.04 Å². The van der Waals surface area contributed by atoms with Gasteiger partial charge >= 0.3 is 0 Å². The first-order valence-electron chi connectivity index (χ1n) is 12.5. The van der Waals surface area contributed by atoms with Crippen molar-refractivity contribution in [1.82, 2.24) is 5.32 Å². The second-order valence-corrected chi connectivity index (χ2v) is 11.0. The zero-order valence-electron chi connectivity index (χ0n) is 18.1. The Bertz CT molecular complexity index is 1020. The molecule has 1 aliphatic heterocycles. The Morgan fingerprint density at radius 1 is 0.871 bits per heavy atom. The molecule has 0 spiro atoms. The average molecular weight is 413 g/mol. The third-order valence-electron chi connectivity index (χ3n) is 9.56. The van der Waals surface area contributed by atoms with Crippen LogP contribution >= 0.6 is 0 Å². The molecule has 5 aliphatic rings. The summed E-state index contributed by atoms with van der Waals surface area (Å²) >= 11 is 0. The van der Waals surface area contributed by atoms with Crippen LogP contribution in [0.2, 0.25) is 0 Å². The highest BCUT2D eigenvalue weighted by Gasteiger charge is 2.53. The van der Waals surface area contributed by atoms with E-state index < -0.39 is 0 Å². The first kappa shape index (κ1) is 18.3. The molecule has 31 heavy (non-hydrogen) atoms. The molecule has 0 saturated heterocycles. The first-order chi connectivity index (χ1) is 15.2. The normalized spacial score (nSPS) is 39.1. The predicted octanol–water partition coefficient (Wildman–Crippen LogP) is 5.90. The molecular formula is C28H32N2O. The maximum Gasteiger partial charge on any atom is 0.251 e. The van der Waals surface area contributed by atoms with Crippen LogP contribution in [-0.2, 0) is 0 Å². The summed E-state index contributed by atoms with van der Waals surface area (Å²) in [5.41, 5.74) is 4.93. The lowest BCUT2D eigenvalue weighted by molar-refractivity contribution is 0.0922. The van der Waals surface area contributed by atoms with Gasteiger partial charge in [0.25, 0.3) is 5.91 Å². The van der Waals surface area contributed by atoms with Crippen molar-refractivity contribution < 1.29 is 4.79 Å². The SMILES string of the molecule is O=C(N[C@@H]1C[C@H]2CC[C@H]1C2)c1ccc2c(c1)[C@@H]1[C@H]3CC[C@@H](C3)[C@@H]1[C@@H](c1ccccc1)N2. The van der Waals surface area contributed by atoms with E-state index in [1.807, 2.05) is 6.07 Å². The number of nitrogens with one attached hydrogen (secondary N) is 2. The van der Waals surface area contributed by atoms with Crippen LogP contribution in [0.3, 0.4) is 0 Å². The lowest BCUT2D eigenvalue weighted by Crippen LogP contribution is -2.39. The van der Waals surface area contributed by atoms with Crippen molar-refractivity contribution in [2.45, 2.75) is 62.9 Å². The minimum Gasteiger partial charge on any atom is -0.378 e. The Labute approximate surface area is 185 Å². The van der Waals surface area contributed by atoms with Gasteiger partial charge in [0, 0.05) is 17.3 Å². The fourth-order valence-corrected chi connectivity index (χ4v) is 8.29. The molecule has 3 heteroatoms. The number of carbonyl (C=O) groups excluding carboxylic acids is 1. The minimum absolute atomic E-state index is 0.144. The van der Waals surface area contributed by atoms with Crippen LogP contribution in [0.15, 0.2) is 48.5 Å². The monoisotopic (exact) mass is 412 g/mol. The van der Waals surface area contributed by atoms with E-state index in [9.17, 15) is 4.79 Å². The molecule has 4 bridgehead atoms. The first-order valence-corrected chi connectivity index (χ1v) is 12.5. The Balaban J connectivity index is 1.21. The lowest BCUT2D eigenvalue weighted by Gasteiger charge is -2.43. The second-order valence-electron chi connectivity index (χ2n) is 11.0. The predicted molar refractivity (Wildman–Crippen MR) is 123 cm³/mol. The smallest absolute Gasteiger partial charge is 0.251 e. The topological polar surface area (TPSA) is 41.1 Å². The van der Waals surface area contributed by atoms with E-state index >= 15 is 0 Å².